The molecule has 0 aromatic rings. The van der Waals surface area contributed by atoms with Crippen LogP contribution in [0.5, 0.6) is 0 Å². The van der Waals surface area contributed by atoms with Gasteiger partial charge < -0.3 is 28.4 Å². The Hall–Kier alpha value is -3.47. The highest BCUT2D eigenvalue weighted by Crippen LogP contribution is 2.70. The zero-order valence-corrected chi connectivity index (χ0v) is 27.6. The van der Waals surface area contributed by atoms with Gasteiger partial charge in [0, 0.05) is 42.6 Å². The lowest BCUT2D eigenvalue weighted by Gasteiger charge is -2.64. The molecule has 0 aromatic carbocycles. The number of rotatable bonds is 10. The van der Waals surface area contributed by atoms with Crippen molar-refractivity contribution in [1.29, 1.82) is 0 Å². The van der Waals surface area contributed by atoms with Crippen molar-refractivity contribution in [1.82, 2.24) is 0 Å². The zero-order chi connectivity index (χ0) is 33.3. The van der Waals surface area contributed by atoms with E-state index in [2.05, 4.69) is 0 Å². The summed E-state index contributed by atoms with van der Waals surface area (Å²) in [6.07, 6.45) is 3.98. The number of hydrogen-bond acceptors (Lipinski definition) is 11. The van der Waals surface area contributed by atoms with E-state index in [0.29, 0.717) is 42.6 Å². The molecular weight excluding hydrogens is 584 g/mol. The molecule has 248 valence electrons. The average molecular weight is 631 g/mol. The smallest absolute Gasteiger partial charge is 0.333 e. The van der Waals surface area contributed by atoms with Gasteiger partial charge in [-0.3, -0.25) is 9.59 Å². The predicted octanol–water partition coefficient (Wildman–Crippen LogP) is 4.32. The van der Waals surface area contributed by atoms with Crippen molar-refractivity contribution in [3.63, 3.8) is 0 Å². The quantitative estimate of drug-likeness (QED) is 0.147. The fourth-order valence-corrected chi connectivity index (χ4v) is 7.76. The highest BCUT2D eigenvalue weighted by Gasteiger charge is 2.77. The van der Waals surface area contributed by atoms with Gasteiger partial charge in [0.15, 0.2) is 0 Å². The molecule has 0 bridgehead atoms. The summed E-state index contributed by atoms with van der Waals surface area (Å²) in [6, 6.07) is 0. The van der Waals surface area contributed by atoms with E-state index in [-0.39, 0.29) is 25.6 Å². The Morgan fingerprint density at radius 1 is 1.02 bits per heavy atom. The van der Waals surface area contributed by atoms with Crippen LogP contribution in [0.25, 0.3) is 0 Å². The number of ether oxygens (including phenoxy) is 6. The Bertz CT molecular complexity index is 1320. The molecule has 8 atom stereocenters. The standard InChI is InChI=1S/C34H46O11/c1-9-19(3)30(38)44-25-11-12-33(17-42-33)34(18-41-22(6)35)27(43-23(7)36)13-21(5)32(8,29(25)34)15-26(24-14-28(37)40-16-24)45-31(39)20(4)10-2/h9-10,14,21,25-27,29H,11-13,15-18H2,1-8H3/b19-9-,20-10?/t21-,25-,26+,27+,29-,32+,33+,34-/m1/s1. The molecule has 4 aliphatic rings. The summed E-state index contributed by atoms with van der Waals surface area (Å²) >= 11 is 0. The van der Waals surface area contributed by atoms with Gasteiger partial charge in [0.1, 0.15) is 37.1 Å². The molecule has 0 N–H and O–H groups in total. The Labute approximate surface area is 264 Å². The summed E-state index contributed by atoms with van der Waals surface area (Å²) in [5, 5.41) is 0. The van der Waals surface area contributed by atoms with Crippen LogP contribution in [-0.4, -0.2) is 73.6 Å². The minimum Gasteiger partial charge on any atom is -0.465 e. The van der Waals surface area contributed by atoms with Crippen LogP contribution < -0.4 is 0 Å². The Morgan fingerprint density at radius 3 is 2.20 bits per heavy atom. The van der Waals surface area contributed by atoms with E-state index in [1.165, 1.54) is 19.9 Å². The maximum Gasteiger partial charge on any atom is 0.333 e. The first kappa shape index (κ1) is 34.4. The molecule has 0 radical (unpaired) electrons. The molecule has 4 rings (SSSR count). The van der Waals surface area contributed by atoms with Crippen molar-refractivity contribution in [2.24, 2.45) is 22.7 Å². The van der Waals surface area contributed by atoms with Gasteiger partial charge in [-0.1, -0.05) is 26.0 Å². The molecule has 3 fully saturated rings. The van der Waals surface area contributed by atoms with E-state index in [4.69, 9.17) is 28.4 Å². The number of allylic oxidation sites excluding steroid dienone is 2. The Balaban J connectivity index is 1.91. The van der Waals surface area contributed by atoms with Gasteiger partial charge in [0.05, 0.1) is 12.0 Å². The molecule has 1 spiro atoms. The maximum atomic E-state index is 13.3. The lowest BCUT2D eigenvalue weighted by molar-refractivity contribution is -0.258. The topological polar surface area (TPSA) is 144 Å². The first-order chi connectivity index (χ1) is 21.1. The third-order valence-corrected chi connectivity index (χ3v) is 10.6. The molecule has 11 heteroatoms. The van der Waals surface area contributed by atoms with E-state index < -0.39 is 70.5 Å². The van der Waals surface area contributed by atoms with Crippen LogP contribution in [0.15, 0.2) is 34.9 Å². The molecule has 0 aromatic heterocycles. The number of carbonyl (C=O) groups excluding carboxylic acids is 5. The molecule has 45 heavy (non-hydrogen) atoms. The van der Waals surface area contributed by atoms with Gasteiger partial charge in [-0.2, -0.15) is 0 Å². The number of hydrogen-bond donors (Lipinski definition) is 0. The number of fused-ring (bicyclic) bond motifs is 2. The second-order valence-electron chi connectivity index (χ2n) is 13.2. The van der Waals surface area contributed by atoms with Crippen molar-refractivity contribution in [2.45, 2.75) is 105 Å². The summed E-state index contributed by atoms with van der Waals surface area (Å²) in [5.41, 5.74) is -1.32. The minimum atomic E-state index is -1.09. The molecule has 1 saturated heterocycles. The molecule has 2 heterocycles. The zero-order valence-electron chi connectivity index (χ0n) is 27.6. The van der Waals surface area contributed by atoms with E-state index in [1.807, 2.05) is 13.8 Å². The van der Waals surface area contributed by atoms with Crippen LogP contribution in [-0.2, 0) is 52.4 Å². The third kappa shape index (κ3) is 6.46. The van der Waals surface area contributed by atoms with Crippen molar-refractivity contribution in [2.75, 3.05) is 19.8 Å². The van der Waals surface area contributed by atoms with Crippen molar-refractivity contribution in [3.8, 4) is 0 Å². The van der Waals surface area contributed by atoms with Crippen molar-refractivity contribution < 1.29 is 52.4 Å². The van der Waals surface area contributed by atoms with E-state index in [0.717, 1.165) is 0 Å². The van der Waals surface area contributed by atoms with Gasteiger partial charge in [-0.15, -0.1) is 0 Å². The minimum absolute atomic E-state index is 0.0264. The third-order valence-electron chi connectivity index (χ3n) is 10.6. The molecular formula is C34H46O11. The first-order valence-electron chi connectivity index (χ1n) is 15.6. The summed E-state index contributed by atoms with van der Waals surface area (Å²) in [5.74, 6) is -3.29. The fourth-order valence-electron chi connectivity index (χ4n) is 7.76. The predicted molar refractivity (Wildman–Crippen MR) is 160 cm³/mol. The lowest BCUT2D eigenvalue weighted by Crippen LogP contribution is -2.71. The van der Waals surface area contributed by atoms with Gasteiger partial charge in [-0.05, 0) is 64.7 Å². The van der Waals surface area contributed by atoms with Crippen molar-refractivity contribution in [3.05, 3.63) is 34.9 Å². The molecule has 2 aliphatic heterocycles. The monoisotopic (exact) mass is 630 g/mol. The van der Waals surface area contributed by atoms with Crippen LogP contribution in [0.2, 0.25) is 0 Å². The second kappa shape index (κ2) is 13.1. The lowest BCUT2D eigenvalue weighted by atomic mass is 9.42. The van der Waals surface area contributed by atoms with Gasteiger partial charge >= 0.3 is 29.8 Å². The Kier molecular flexibility index (Phi) is 10.0. The van der Waals surface area contributed by atoms with Gasteiger partial charge in [0.2, 0.25) is 0 Å². The molecule has 2 saturated carbocycles. The Morgan fingerprint density at radius 2 is 1.67 bits per heavy atom. The van der Waals surface area contributed by atoms with Crippen LogP contribution in [0.4, 0.5) is 0 Å². The highest BCUT2D eigenvalue weighted by molar-refractivity contribution is 5.89. The van der Waals surface area contributed by atoms with Crippen LogP contribution in [0.3, 0.4) is 0 Å². The molecule has 0 unspecified atom stereocenters. The summed E-state index contributed by atoms with van der Waals surface area (Å²) in [6.45, 7) is 13.7. The van der Waals surface area contributed by atoms with E-state index in [1.54, 1.807) is 39.8 Å². The number of esters is 5. The summed E-state index contributed by atoms with van der Waals surface area (Å²) < 4.78 is 35.6. The number of cyclic esters (lactones) is 1. The molecule has 11 nitrogen and oxygen atoms in total. The summed E-state index contributed by atoms with van der Waals surface area (Å²) in [4.78, 5) is 63.5. The number of carbonyl (C=O) groups is 5. The SMILES string of the molecule is CC=C(C)C(=O)O[C@@H](C[C@@]1(C)[C@H](C)C[C@H](OC(C)=O)[C@]2(COC(C)=O)[C@@H]1[C@H](OC(=O)/C(C)=C\C)CC[C@]21CO1)C1=CC(=O)OC1. The fraction of sp³-hybridized carbons (Fsp3) is 0.676. The number of epoxide rings is 1. The van der Waals surface area contributed by atoms with Crippen LogP contribution >= 0.6 is 0 Å². The average Bonchev–Trinajstić information content (AvgIpc) is 3.64. The van der Waals surface area contributed by atoms with E-state index >= 15 is 0 Å². The van der Waals surface area contributed by atoms with Gasteiger partial charge in [-0.25, -0.2) is 14.4 Å². The van der Waals surface area contributed by atoms with Crippen LogP contribution in [0.1, 0.15) is 81.1 Å². The van der Waals surface area contributed by atoms with E-state index in [9.17, 15) is 24.0 Å². The highest BCUT2D eigenvalue weighted by atomic mass is 16.6. The normalized spacial score (nSPS) is 35.0. The van der Waals surface area contributed by atoms with Gasteiger partial charge in [0.25, 0.3) is 0 Å². The molecule has 0 amide bonds. The van der Waals surface area contributed by atoms with Crippen LogP contribution in [0, 0.1) is 22.7 Å². The largest absolute Gasteiger partial charge is 0.465 e. The first-order valence-corrected chi connectivity index (χ1v) is 15.6. The maximum absolute atomic E-state index is 13.3. The summed E-state index contributed by atoms with van der Waals surface area (Å²) in [7, 11) is 0. The van der Waals surface area contributed by atoms with Crippen molar-refractivity contribution >= 4 is 29.8 Å². The second-order valence-corrected chi connectivity index (χ2v) is 13.2. The molecule has 2 aliphatic carbocycles.